The second-order valence-electron chi connectivity index (χ2n) is 6.25. The summed E-state index contributed by atoms with van der Waals surface area (Å²) in [6.45, 7) is 7.02. The Kier molecular flexibility index (Phi) is 6.83. The van der Waals surface area contributed by atoms with Crippen molar-refractivity contribution in [3.05, 3.63) is 59.2 Å². The Morgan fingerprint density at radius 2 is 1.88 bits per heavy atom. The van der Waals surface area contributed by atoms with E-state index in [4.69, 9.17) is 4.74 Å². The minimum Gasteiger partial charge on any atom is -0.508 e. The molecule has 0 spiro atoms. The summed E-state index contributed by atoms with van der Waals surface area (Å²) >= 11 is 0. The molecule has 0 fully saturated rings. The Bertz CT molecular complexity index is 697. The van der Waals surface area contributed by atoms with Gasteiger partial charge in [-0.15, -0.1) is 0 Å². The fraction of sp³-hybridized carbons (Fsp3) is 0.350. The molecule has 0 aliphatic carbocycles. The maximum absolute atomic E-state index is 12.1. The lowest BCUT2D eigenvalue weighted by molar-refractivity contribution is 0.0654. The fourth-order valence-corrected chi connectivity index (χ4v) is 2.38. The average molecular weight is 342 g/mol. The topological polar surface area (TPSA) is 70.6 Å². The lowest BCUT2D eigenvalue weighted by atomic mass is 10.1. The number of aromatic hydroxyl groups is 1. The molecule has 0 bridgehead atoms. The number of carbonyl (C=O) groups excluding carboxylic acids is 1. The first-order valence-corrected chi connectivity index (χ1v) is 8.48. The third kappa shape index (κ3) is 6.12. The van der Waals surface area contributed by atoms with Crippen molar-refractivity contribution < 1.29 is 14.6 Å². The maximum Gasteiger partial charge on any atom is 0.319 e. The van der Waals surface area contributed by atoms with Crippen molar-refractivity contribution >= 4 is 11.7 Å². The first kappa shape index (κ1) is 18.8. The maximum atomic E-state index is 12.1. The standard InChI is InChI=1S/C20H26N2O3/c1-14(2)25-13-17-5-4-6-19(15(17)3)22-20(24)21-12-11-16-7-9-18(23)10-8-16/h4-10,14,23H,11-13H2,1-3H3,(H2,21,22,24). The summed E-state index contributed by atoms with van der Waals surface area (Å²) in [6.07, 6.45) is 0.869. The third-order valence-corrected chi connectivity index (χ3v) is 3.90. The molecule has 2 rings (SSSR count). The molecule has 0 aliphatic rings. The van der Waals surface area contributed by atoms with Crippen LogP contribution in [-0.2, 0) is 17.8 Å². The molecule has 0 atom stereocenters. The summed E-state index contributed by atoms with van der Waals surface area (Å²) in [4.78, 5) is 12.1. The van der Waals surface area contributed by atoms with Crippen LogP contribution in [-0.4, -0.2) is 23.8 Å². The van der Waals surface area contributed by atoms with Gasteiger partial charge in [-0.3, -0.25) is 0 Å². The van der Waals surface area contributed by atoms with Crippen LogP contribution in [0.2, 0.25) is 0 Å². The zero-order valence-corrected chi connectivity index (χ0v) is 15.0. The molecular formula is C20H26N2O3. The molecule has 0 radical (unpaired) electrons. The van der Waals surface area contributed by atoms with Crippen molar-refractivity contribution in [3.8, 4) is 5.75 Å². The number of ether oxygens (including phenoxy) is 1. The molecule has 0 saturated carbocycles. The number of urea groups is 1. The molecule has 3 N–H and O–H groups in total. The van der Waals surface area contributed by atoms with Gasteiger partial charge >= 0.3 is 6.03 Å². The number of amides is 2. The lowest BCUT2D eigenvalue weighted by Crippen LogP contribution is -2.30. The highest BCUT2D eigenvalue weighted by molar-refractivity contribution is 5.90. The van der Waals surface area contributed by atoms with Crippen molar-refractivity contribution in [2.45, 2.75) is 39.9 Å². The van der Waals surface area contributed by atoms with E-state index in [9.17, 15) is 9.90 Å². The van der Waals surface area contributed by atoms with Crippen LogP contribution in [0.25, 0.3) is 0 Å². The number of anilines is 1. The molecule has 0 saturated heterocycles. The second-order valence-corrected chi connectivity index (χ2v) is 6.25. The monoisotopic (exact) mass is 342 g/mol. The van der Waals surface area contributed by atoms with E-state index in [2.05, 4.69) is 10.6 Å². The summed E-state index contributed by atoms with van der Waals surface area (Å²) in [5.41, 5.74) is 3.92. The van der Waals surface area contributed by atoms with Crippen LogP contribution in [0.15, 0.2) is 42.5 Å². The third-order valence-electron chi connectivity index (χ3n) is 3.90. The van der Waals surface area contributed by atoms with Crippen LogP contribution in [0.3, 0.4) is 0 Å². The van der Waals surface area contributed by atoms with Gasteiger partial charge in [-0.25, -0.2) is 4.79 Å². The van der Waals surface area contributed by atoms with E-state index >= 15 is 0 Å². The van der Waals surface area contributed by atoms with Gasteiger partial charge in [-0.1, -0.05) is 24.3 Å². The summed E-state index contributed by atoms with van der Waals surface area (Å²) < 4.78 is 5.64. The van der Waals surface area contributed by atoms with Gasteiger partial charge in [-0.2, -0.15) is 0 Å². The van der Waals surface area contributed by atoms with E-state index in [1.807, 2.05) is 51.1 Å². The van der Waals surface area contributed by atoms with Crippen LogP contribution in [0.5, 0.6) is 5.75 Å². The predicted octanol–water partition coefficient (Wildman–Crippen LogP) is 3.99. The summed E-state index contributed by atoms with van der Waals surface area (Å²) in [5.74, 6) is 0.242. The van der Waals surface area contributed by atoms with Gasteiger partial charge in [0.15, 0.2) is 0 Å². The first-order chi connectivity index (χ1) is 12.0. The number of hydrogen-bond donors (Lipinski definition) is 3. The number of phenols is 1. The minimum absolute atomic E-state index is 0.166. The van der Waals surface area contributed by atoms with E-state index in [-0.39, 0.29) is 17.9 Å². The van der Waals surface area contributed by atoms with E-state index in [0.29, 0.717) is 19.6 Å². The normalized spacial score (nSPS) is 10.7. The number of benzene rings is 2. The zero-order chi connectivity index (χ0) is 18.2. The molecule has 5 heteroatoms. The van der Waals surface area contributed by atoms with Gasteiger partial charge in [0.2, 0.25) is 0 Å². The van der Waals surface area contributed by atoms with Gasteiger partial charge in [0.05, 0.1) is 12.7 Å². The molecule has 2 aromatic rings. The van der Waals surface area contributed by atoms with E-state index in [1.54, 1.807) is 12.1 Å². The summed E-state index contributed by atoms with van der Waals surface area (Å²) in [5, 5.41) is 15.0. The summed E-state index contributed by atoms with van der Waals surface area (Å²) in [6, 6.07) is 12.5. The molecule has 134 valence electrons. The van der Waals surface area contributed by atoms with Crippen molar-refractivity contribution in [1.82, 2.24) is 5.32 Å². The molecule has 0 unspecified atom stereocenters. The zero-order valence-electron chi connectivity index (χ0n) is 15.0. The predicted molar refractivity (Wildman–Crippen MR) is 99.9 cm³/mol. The quantitative estimate of drug-likeness (QED) is 0.712. The summed E-state index contributed by atoms with van der Waals surface area (Å²) in [7, 11) is 0. The first-order valence-electron chi connectivity index (χ1n) is 8.48. The molecule has 5 nitrogen and oxygen atoms in total. The number of carbonyl (C=O) groups is 1. The Hall–Kier alpha value is -2.53. The molecule has 2 amide bonds. The van der Waals surface area contributed by atoms with Crippen LogP contribution in [0, 0.1) is 6.92 Å². The van der Waals surface area contributed by atoms with Crippen molar-refractivity contribution in [2.75, 3.05) is 11.9 Å². The fourth-order valence-electron chi connectivity index (χ4n) is 2.38. The number of rotatable bonds is 7. The number of phenolic OH excluding ortho intramolecular Hbond substituents is 1. The average Bonchev–Trinajstić information content (AvgIpc) is 2.57. The second kappa shape index (κ2) is 9.08. The molecule has 2 aromatic carbocycles. The van der Waals surface area contributed by atoms with Crippen LogP contribution < -0.4 is 10.6 Å². The minimum atomic E-state index is -0.233. The molecule has 0 aliphatic heterocycles. The van der Waals surface area contributed by atoms with Crippen molar-refractivity contribution in [1.29, 1.82) is 0 Å². The van der Waals surface area contributed by atoms with Crippen LogP contribution >= 0.6 is 0 Å². The van der Waals surface area contributed by atoms with E-state index < -0.39 is 0 Å². The SMILES string of the molecule is Cc1c(COC(C)C)cccc1NC(=O)NCCc1ccc(O)cc1. The van der Waals surface area contributed by atoms with Gasteiger partial charge in [-0.05, 0) is 62.1 Å². The largest absolute Gasteiger partial charge is 0.508 e. The molecule has 0 aromatic heterocycles. The molecular weight excluding hydrogens is 316 g/mol. The Morgan fingerprint density at radius 3 is 2.56 bits per heavy atom. The highest BCUT2D eigenvalue weighted by atomic mass is 16.5. The molecule has 0 heterocycles. The van der Waals surface area contributed by atoms with Crippen LogP contribution in [0.4, 0.5) is 10.5 Å². The van der Waals surface area contributed by atoms with Gasteiger partial charge < -0.3 is 20.5 Å². The van der Waals surface area contributed by atoms with Crippen LogP contribution in [0.1, 0.15) is 30.5 Å². The van der Waals surface area contributed by atoms with Crippen molar-refractivity contribution in [2.24, 2.45) is 0 Å². The van der Waals surface area contributed by atoms with Crippen molar-refractivity contribution in [3.63, 3.8) is 0 Å². The Labute approximate surface area is 149 Å². The van der Waals surface area contributed by atoms with E-state index in [0.717, 1.165) is 22.4 Å². The van der Waals surface area contributed by atoms with Gasteiger partial charge in [0, 0.05) is 12.2 Å². The van der Waals surface area contributed by atoms with Gasteiger partial charge in [0.1, 0.15) is 5.75 Å². The lowest BCUT2D eigenvalue weighted by Gasteiger charge is -2.14. The smallest absolute Gasteiger partial charge is 0.319 e. The number of hydrogen-bond acceptors (Lipinski definition) is 3. The van der Waals surface area contributed by atoms with Gasteiger partial charge in [0.25, 0.3) is 0 Å². The number of nitrogens with one attached hydrogen (secondary N) is 2. The highest BCUT2D eigenvalue weighted by Crippen LogP contribution is 2.20. The molecule has 25 heavy (non-hydrogen) atoms. The Balaban J connectivity index is 1.85. The Morgan fingerprint density at radius 1 is 1.16 bits per heavy atom. The highest BCUT2D eigenvalue weighted by Gasteiger charge is 2.08. The van der Waals surface area contributed by atoms with E-state index in [1.165, 1.54) is 0 Å².